The lowest BCUT2D eigenvalue weighted by Gasteiger charge is -2.30. The van der Waals surface area contributed by atoms with E-state index in [1.165, 1.54) is 32.1 Å². The lowest BCUT2D eigenvalue weighted by Crippen LogP contribution is -2.41. The van der Waals surface area contributed by atoms with Gasteiger partial charge in [-0.1, -0.05) is 27.2 Å². The summed E-state index contributed by atoms with van der Waals surface area (Å²) >= 11 is 0. The Hall–Kier alpha value is -0.0800. The molecule has 0 amide bonds. The zero-order valence-corrected chi connectivity index (χ0v) is 10.4. The van der Waals surface area contributed by atoms with E-state index < -0.39 is 0 Å². The van der Waals surface area contributed by atoms with Gasteiger partial charge in [-0.3, -0.25) is 0 Å². The molecule has 3 atom stereocenters. The van der Waals surface area contributed by atoms with Crippen LogP contribution >= 0.6 is 0 Å². The van der Waals surface area contributed by atoms with Crippen LogP contribution in [0.4, 0.5) is 0 Å². The molecule has 2 rings (SSSR count). The Labute approximate surface area is 93.8 Å². The third kappa shape index (κ3) is 2.94. The van der Waals surface area contributed by atoms with Crippen LogP contribution in [0.3, 0.4) is 0 Å². The third-order valence-electron chi connectivity index (χ3n) is 3.93. The molecule has 0 bridgehead atoms. The van der Waals surface area contributed by atoms with Crippen molar-refractivity contribution in [2.75, 3.05) is 6.61 Å². The topological polar surface area (TPSA) is 21.3 Å². The molecular formula is C13H25NO. The van der Waals surface area contributed by atoms with Gasteiger partial charge in [0.15, 0.2) is 0 Å². The normalized spacial score (nSPS) is 39.0. The predicted octanol–water partition coefficient (Wildman–Crippen LogP) is 2.72. The van der Waals surface area contributed by atoms with Crippen molar-refractivity contribution in [1.82, 2.24) is 5.32 Å². The van der Waals surface area contributed by atoms with E-state index in [0.29, 0.717) is 17.6 Å². The fraction of sp³-hybridized carbons (Fsp3) is 1.00. The van der Waals surface area contributed by atoms with Gasteiger partial charge in [-0.2, -0.15) is 0 Å². The first-order valence-corrected chi connectivity index (χ1v) is 6.49. The predicted molar refractivity (Wildman–Crippen MR) is 63.0 cm³/mol. The SMILES string of the molecule is CCCC1CC(NC2CC2(C)C)CCO1. The first-order valence-electron chi connectivity index (χ1n) is 6.49. The molecule has 1 aliphatic heterocycles. The monoisotopic (exact) mass is 211 g/mol. The summed E-state index contributed by atoms with van der Waals surface area (Å²) in [5.41, 5.74) is 0.554. The van der Waals surface area contributed by atoms with Crippen molar-refractivity contribution in [2.45, 2.75) is 71.1 Å². The van der Waals surface area contributed by atoms with Crippen LogP contribution in [0, 0.1) is 5.41 Å². The summed E-state index contributed by atoms with van der Waals surface area (Å²) < 4.78 is 5.76. The summed E-state index contributed by atoms with van der Waals surface area (Å²) in [4.78, 5) is 0. The minimum Gasteiger partial charge on any atom is -0.378 e. The molecule has 1 saturated carbocycles. The molecule has 1 aliphatic carbocycles. The van der Waals surface area contributed by atoms with Gasteiger partial charge < -0.3 is 10.1 Å². The van der Waals surface area contributed by atoms with Gasteiger partial charge in [0.2, 0.25) is 0 Å². The maximum Gasteiger partial charge on any atom is 0.0589 e. The molecule has 0 spiro atoms. The average molecular weight is 211 g/mol. The second-order valence-electron chi connectivity index (χ2n) is 5.91. The molecule has 3 unspecified atom stereocenters. The number of hydrogen-bond donors (Lipinski definition) is 1. The quantitative estimate of drug-likeness (QED) is 0.772. The van der Waals surface area contributed by atoms with E-state index in [1.54, 1.807) is 0 Å². The molecule has 2 heteroatoms. The van der Waals surface area contributed by atoms with Gasteiger partial charge >= 0.3 is 0 Å². The van der Waals surface area contributed by atoms with Crippen LogP contribution in [0.2, 0.25) is 0 Å². The van der Waals surface area contributed by atoms with Gasteiger partial charge in [-0.25, -0.2) is 0 Å². The van der Waals surface area contributed by atoms with Gasteiger partial charge in [-0.05, 0) is 31.1 Å². The second kappa shape index (κ2) is 4.42. The Balaban J connectivity index is 1.73. The van der Waals surface area contributed by atoms with Gasteiger partial charge in [0.05, 0.1) is 6.10 Å². The summed E-state index contributed by atoms with van der Waals surface area (Å²) in [6, 6.07) is 1.48. The second-order valence-corrected chi connectivity index (χ2v) is 5.91. The van der Waals surface area contributed by atoms with Crippen LogP contribution in [0.25, 0.3) is 0 Å². The molecule has 0 aromatic carbocycles. The van der Waals surface area contributed by atoms with Gasteiger partial charge in [0, 0.05) is 18.7 Å². The van der Waals surface area contributed by atoms with E-state index in [1.807, 2.05) is 0 Å². The van der Waals surface area contributed by atoms with E-state index in [0.717, 1.165) is 12.6 Å². The fourth-order valence-corrected chi connectivity index (χ4v) is 2.59. The Morgan fingerprint density at radius 2 is 2.13 bits per heavy atom. The first-order chi connectivity index (χ1) is 7.12. The Morgan fingerprint density at radius 1 is 1.40 bits per heavy atom. The smallest absolute Gasteiger partial charge is 0.0589 e. The van der Waals surface area contributed by atoms with Crippen molar-refractivity contribution < 1.29 is 4.74 Å². The van der Waals surface area contributed by atoms with E-state index in [2.05, 4.69) is 26.1 Å². The first kappa shape index (κ1) is 11.4. The highest BCUT2D eigenvalue weighted by Gasteiger charge is 2.46. The summed E-state index contributed by atoms with van der Waals surface area (Å²) in [5.74, 6) is 0. The van der Waals surface area contributed by atoms with Crippen LogP contribution in [-0.4, -0.2) is 24.8 Å². The van der Waals surface area contributed by atoms with E-state index in [-0.39, 0.29) is 0 Å². The Kier molecular flexibility index (Phi) is 3.36. The fourth-order valence-electron chi connectivity index (χ4n) is 2.59. The van der Waals surface area contributed by atoms with Crippen molar-refractivity contribution in [2.24, 2.45) is 5.41 Å². The van der Waals surface area contributed by atoms with Crippen LogP contribution in [0.15, 0.2) is 0 Å². The summed E-state index contributed by atoms with van der Waals surface area (Å²) in [6.45, 7) is 7.90. The highest BCUT2D eigenvalue weighted by Crippen LogP contribution is 2.45. The maximum atomic E-state index is 5.76. The number of hydrogen-bond acceptors (Lipinski definition) is 2. The van der Waals surface area contributed by atoms with Crippen LogP contribution < -0.4 is 5.32 Å². The summed E-state index contributed by atoms with van der Waals surface area (Å²) in [7, 11) is 0. The molecule has 1 N–H and O–H groups in total. The van der Waals surface area contributed by atoms with E-state index in [4.69, 9.17) is 4.74 Å². The van der Waals surface area contributed by atoms with Gasteiger partial charge in [-0.15, -0.1) is 0 Å². The van der Waals surface area contributed by atoms with Crippen molar-refractivity contribution in [3.63, 3.8) is 0 Å². The molecule has 2 fully saturated rings. The van der Waals surface area contributed by atoms with Crippen molar-refractivity contribution in [3.8, 4) is 0 Å². The van der Waals surface area contributed by atoms with Crippen LogP contribution in [0.5, 0.6) is 0 Å². The van der Waals surface area contributed by atoms with Crippen LogP contribution in [0.1, 0.15) is 52.9 Å². The van der Waals surface area contributed by atoms with Gasteiger partial charge in [0.25, 0.3) is 0 Å². The van der Waals surface area contributed by atoms with E-state index in [9.17, 15) is 0 Å². The molecule has 1 saturated heterocycles. The van der Waals surface area contributed by atoms with Crippen molar-refractivity contribution >= 4 is 0 Å². The molecule has 0 radical (unpaired) electrons. The molecule has 88 valence electrons. The van der Waals surface area contributed by atoms with E-state index >= 15 is 0 Å². The minimum atomic E-state index is 0.517. The standard InChI is InChI=1S/C13H25NO/c1-4-5-11-8-10(6-7-15-11)14-12-9-13(12,2)3/h10-12,14H,4-9H2,1-3H3. The minimum absolute atomic E-state index is 0.517. The molecule has 2 nitrogen and oxygen atoms in total. The Morgan fingerprint density at radius 3 is 2.73 bits per heavy atom. The number of nitrogens with one attached hydrogen (secondary N) is 1. The lowest BCUT2D eigenvalue weighted by molar-refractivity contribution is -0.00389. The van der Waals surface area contributed by atoms with Crippen LogP contribution in [-0.2, 0) is 4.74 Å². The third-order valence-corrected chi connectivity index (χ3v) is 3.93. The number of rotatable bonds is 4. The molecule has 2 aliphatic rings. The highest BCUT2D eigenvalue weighted by molar-refractivity contribution is 5.03. The van der Waals surface area contributed by atoms with Crippen molar-refractivity contribution in [3.05, 3.63) is 0 Å². The molecule has 15 heavy (non-hydrogen) atoms. The molecule has 0 aromatic heterocycles. The van der Waals surface area contributed by atoms with Crippen molar-refractivity contribution in [1.29, 1.82) is 0 Å². The molecule has 1 heterocycles. The molecular weight excluding hydrogens is 186 g/mol. The maximum absolute atomic E-state index is 5.76. The number of ether oxygens (including phenoxy) is 1. The molecule has 0 aromatic rings. The zero-order valence-electron chi connectivity index (χ0n) is 10.4. The highest BCUT2D eigenvalue weighted by atomic mass is 16.5. The van der Waals surface area contributed by atoms with Gasteiger partial charge in [0.1, 0.15) is 0 Å². The largest absolute Gasteiger partial charge is 0.378 e. The summed E-state index contributed by atoms with van der Waals surface area (Å²) in [5, 5.41) is 3.79. The zero-order chi connectivity index (χ0) is 10.9. The summed E-state index contributed by atoms with van der Waals surface area (Å²) in [6.07, 6.45) is 6.76. The average Bonchev–Trinajstić information content (AvgIpc) is 2.74. The Bertz CT molecular complexity index is 213. The lowest BCUT2D eigenvalue weighted by atomic mass is 9.99.